The fourth-order valence-corrected chi connectivity index (χ4v) is 2.46. The third kappa shape index (κ3) is 3.32. The van der Waals surface area contributed by atoms with Crippen molar-refractivity contribution >= 4 is 11.8 Å². The van der Waals surface area contributed by atoms with Gasteiger partial charge in [0, 0.05) is 17.1 Å². The fourth-order valence-electron chi connectivity index (χ4n) is 1.61. The predicted octanol–water partition coefficient (Wildman–Crippen LogP) is 3.26. The lowest BCUT2D eigenvalue weighted by atomic mass is 10.2. The van der Waals surface area contributed by atoms with E-state index in [0.717, 1.165) is 17.3 Å². The molecule has 2 aromatic rings. The van der Waals surface area contributed by atoms with Crippen molar-refractivity contribution in [2.24, 2.45) is 0 Å². The summed E-state index contributed by atoms with van der Waals surface area (Å²) in [7, 11) is 1.95. The Balaban J connectivity index is 2.15. The predicted molar refractivity (Wildman–Crippen MR) is 72.3 cm³/mol. The van der Waals surface area contributed by atoms with E-state index >= 15 is 0 Å². The lowest BCUT2D eigenvalue weighted by Gasteiger charge is -2.06. The number of benzene rings is 1. The van der Waals surface area contributed by atoms with Crippen molar-refractivity contribution in [3.8, 4) is 0 Å². The standard InChI is InChI=1S/C14H16N2S/c1-11-12(10-15-2)8-9-14(16-11)17-13-6-4-3-5-7-13/h3-9,15H,10H2,1-2H3. The minimum Gasteiger partial charge on any atom is -0.316 e. The summed E-state index contributed by atoms with van der Waals surface area (Å²) < 4.78 is 0. The van der Waals surface area contributed by atoms with E-state index in [0.29, 0.717) is 0 Å². The van der Waals surface area contributed by atoms with Crippen LogP contribution in [0.3, 0.4) is 0 Å². The summed E-state index contributed by atoms with van der Waals surface area (Å²) in [6.07, 6.45) is 0. The fraction of sp³-hybridized carbons (Fsp3) is 0.214. The van der Waals surface area contributed by atoms with Crippen LogP contribution >= 0.6 is 11.8 Å². The Morgan fingerprint density at radius 3 is 2.53 bits per heavy atom. The zero-order valence-electron chi connectivity index (χ0n) is 10.1. The number of rotatable bonds is 4. The van der Waals surface area contributed by atoms with Crippen LogP contribution in [0.5, 0.6) is 0 Å². The Morgan fingerprint density at radius 2 is 1.88 bits per heavy atom. The summed E-state index contributed by atoms with van der Waals surface area (Å²) in [6, 6.07) is 14.5. The first kappa shape index (κ1) is 12.1. The number of aromatic nitrogens is 1. The first-order valence-electron chi connectivity index (χ1n) is 5.63. The molecule has 0 saturated carbocycles. The highest BCUT2D eigenvalue weighted by molar-refractivity contribution is 7.99. The minimum atomic E-state index is 0.870. The molecule has 2 rings (SSSR count). The molecule has 1 N–H and O–H groups in total. The SMILES string of the molecule is CNCc1ccc(Sc2ccccc2)nc1C. The number of hydrogen-bond acceptors (Lipinski definition) is 3. The van der Waals surface area contributed by atoms with Crippen LogP contribution < -0.4 is 5.32 Å². The van der Waals surface area contributed by atoms with Gasteiger partial charge in [-0.25, -0.2) is 4.98 Å². The third-order valence-corrected chi connectivity index (χ3v) is 3.45. The van der Waals surface area contributed by atoms with E-state index < -0.39 is 0 Å². The maximum Gasteiger partial charge on any atom is 0.101 e. The monoisotopic (exact) mass is 244 g/mol. The summed E-state index contributed by atoms with van der Waals surface area (Å²) in [6.45, 7) is 2.93. The van der Waals surface area contributed by atoms with Crippen molar-refractivity contribution in [3.63, 3.8) is 0 Å². The Morgan fingerprint density at radius 1 is 1.12 bits per heavy atom. The second-order valence-electron chi connectivity index (χ2n) is 3.84. The molecule has 3 heteroatoms. The molecular formula is C14H16N2S. The molecule has 1 heterocycles. The van der Waals surface area contributed by atoms with Gasteiger partial charge < -0.3 is 5.32 Å². The molecule has 0 fully saturated rings. The summed E-state index contributed by atoms with van der Waals surface area (Å²) >= 11 is 1.70. The molecule has 0 radical (unpaired) electrons. The summed E-state index contributed by atoms with van der Waals surface area (Å²) in [5.74, 6) is 0. The molecule has 1 aromatic carbocycles. The molecule has 0 spiro atoms. The maximum absolute atomic E-state index is 4.61. The van der Waals surface area contributed by atoms with Crippen LogP contribution in [0.15, 0.2) is 52.4 Å². The zero-order valence-corrected chi connectivity index (χ0v) is 10.9. The number of nitrogens with zero attached hydrogens (tertiary/aromatic N) is 1. The Hall–Kier alpha value is -1.32. The average Bonchev–Trinajstić information content (AvgIpc) is 2.34. The van der Waals surface area contributed by atoms with Gasteiger partial charge in [-0.3, -0.25) is 0 Å². The van der Waals surface area contributed by atoms with Gasteiger partial charge in [0.15, 0.2) is 0 Å². The van der Waals surface area contributed by atoms with E-state index in [1.807, 2.05) is 25.2 Å². The van der Waals surface area contributed by atoms with E-state index in [-0.39, 0.29) is 0 Å². The smallest absolute Gasteiger partial charge is 0.101 e. The second kappa shape index (κ2) is 5.84. The van der Waals surface area contributed by atoms with Crippen LogP contribution in [-0.2, 0) is 6.54 Å². The second-order valence-corrected chi connectivity index (χ2v) is 4.93. The largest absolute Gasteiger partial charge is 0.316 e. The van der Waals surface area contributed by atoms with Crippen LogP contribution in [0.2, 0.25) is 0 Å². The molecule has 0 aliphatic heterocycles. The van der Waals surface area contributed by atoms with Gasteiger partial charge in [0.2, 0.25) is 0 Å². The highest BCUT2D eigenvalue weighted by Crippen LogP contribution is 2.26. The third-order valence-electron chi connectivity index (χ3n) is 2.50. The molecule has 0 amide bonds. The molecule has 17 heavy (non-hydrogen) atoms. The normalized spacial score (nSPS) is 10.5. The Labute approximate surface area is 106 Å². The van der Waals surface area contributed by atoms with Gasteiger partial charge in [-0.15, -0.1) is 0 Å². The summed E-state index contributed by atoms with van der Waals surface area (Å²) in [4.78, 5) is 5.83. The van der Waals surface area contributed by atoms with Crippen molar-refractivity contribution in [1.29, 1.82) is 0 Å². The van der Waals surface area contributed by atoms with Crippen LogP contribution in [0.25, 0.3) is 0 Å². The molecule has 2 nitrogen and oxygen atoms in total. The van der Waals surface area contributed by atoms with Gasteiger partial charge in [0.05, 0.1) is 0 Å². The van der Waals surface area contributed by atoms with Crippen molar-refractivity contribution in [2.45, 2.75) is 23.4 Å². The number of nitrogens with one attached hydrogen (secondary N) is 1. The van der Waals surface area contributed by atoms with Crippen molar-refractivity contribution in [3.05, 3.63) is 53.7 Å². The van der Waals surface area contributed by atoms with Crippen LogP contribution in [0, 0.1) is 6.92 Å². The zero-order chi connectivity index (χ0) is 12.1. The first-order chi connectivity index (χ1) is 8.29. The van der Waals surface area contributed by atoms with Gasteiger partial charge in [-0.2, -0.15) is 0 Å². The Bertz CT molecular complexity index is 483. The average molecular weight is 244 g/mol. The van der Waals surface area contributed by atoms with Crippen LogP contribution in [-0.4, -0.2) is 12.0 Å². The van der Waals surface area contributed by atoms with E-state index in [2.05, 4.69) is 41.5 Å². The van der Waals surface area contributed by atoms with Gasteiger partial charge in [-0.05, 0) is 37.7 Å². The first-order valence-corrected chi connectivity index (χ1v) is 6.45. The van der Waals surface area contributed by atoms with E-state index in [9.17, 15) is 0 Å². The van der Waals surface area contributed by atoms with Crippen LogP contribution in [0.1, 0.15) is 11.3 Å². The molecule has 0 aliphatic rings. The lowest BCUT2D eigenvalue weighted by Crippen LogP contribution is -2.07. The van der Waals surface area contributed by atoms with Crippen LogP contribution in [0.4, 0.5) is 0 Å². The number of pyridine rings is 1. The maximum atomic E-state index is 4.61. The summed E-state index contributed by atoms with van der Waals surface area (Å²) in [5, 5.41) is 4.20. The molecule has 88 valence electrons. The van der Waals surface area contributed by atoms with Crippen molar-refractivity contribution < 1.29 is 0 Å². The molecule has 0 saturated heterocycles. The van der Waals surface area contributed by atoms with Crippen molar-refractivity contribution in [2.75, 3.05) is 7.05 Å². The highest BCUT2D eigenvalue weighted by atomic mass is 32.2. The van der Waals surface area contributed by atoms with Gasteiger partial charge in [0.25, 0.3) is 0 Å². The lowest BCUT2D eigenvalue weighted by molar-refractivity contribution is 0.799. The minimum absolute atomic E-state index is 0.870. The van der Waals surface area contributed by atoms with E-state index in [4.69, 9.17) is 0 Å². The molecule has 0 unspecified atom stereocenters. The van der Waals surface area contributed by atoms with Gasteiger partial charge in [-0.1, -0.05) is 36.0 Å². The molecular weight excluding hydrogens is 228 g/mol. The van der Waals surface area contributed by atoms with Gasteiger partial charge >= 0.3 is 0 Å². The highest BCUT2D eigenvalue weighted by Gasteiger charge is 2.02. The molecule has 1 aromatic heterocycles. The number of hydrogen-bond donors (Lipinski definition) is 1. The quantitative estimate of drug-likeness (QED) is 0.893. The summed E-state index contributed by atoms with van der Waals surface area (Å²) in [5.41, 5.74) is 2.35. The van der Waals surface area contributed by atoms with Crippen molar-refractivity contribution in [1.82, 2.24) is 10.3 Å². The van der Waals surface area contributed by atoms with E-state index in [1.165, 1.54) is 10.5 Å². The van der Waals surface area contributed by atoms with E-state index in [1.54, 1.807) is 11.8 Å². The molecule has 0 aliphatic carbocycles. The molecule has 0 atom stereocenters. The topological polar surface area (TPSA) is 24.9 Å². The Kier molecular flexibility index (Phi) is 4.18. The van der Waals surface area contributed by atoms with Gasteiger partial charge in [0.1, 0.15) is 5.03 Å². The molecule has 0 bridgehead atoms. The number of aryl methyl sites for hydroxylation is 1.